The molecule has 1 unspecified atom stereocenters. The van der Waals surface area contributed by atoms with Crippen LogP contribution in [-0.2, 0) is 42.3 Å². The molecule has 0 aliphatic heterocycles. The molecule has 0 aromatic heterocycles. The second kappa shape index (κ2) is 28.7. The molecule has 2 atom stereocenters. The Balaban J connectivity index is 4.46. The molecule has 0 bridgehead atoms. The molecule has 0 spiro atoms. The molecule has 14 nitrogen and oxygen atoms in total. The number of rotatable bonds is 33. The van der Waals surface area contributed by atoms with Crippen LogP contribution in [0.5, 0.6) is 0 Å². The molecule has 0 aliphatic rings. The fourth-order valence-corrected chi connectivity index (χ4v) is 5.24. The van der Waals surface area contributed by atoms with E-state index in [9.17, 15) is 28.6 Å². The summed E-state index contributed by atoms with van der Waals surface area (Å²) in [4.78, 5) is 56.9. The first-order chi connectivity index (χ1) is 22.7. The standard InChI is InChI=1S/C33H64N3O11P/c1-5-6-7-8-9-10-11-12-13-14-15-16-17-18-19-32(40)44-27-29(28-46-48(42,43)45-25-24-36(2,3)4)47-33(41)26-34-22-23-35-30(37)20-21-31(38)39/h29,34H,5-28H2,1-4H3,(H2-,35,37,38,39,42,43)/p+1/t29-/m1/s1. The number of phosphoric ester groups is 1. The Bertz CT molecular complexity index is 931. The summed E-state index contributed by atoms with van der Waals surface area (Å²) in [5, 5.41) is 13.9. The number of esters is 2. The van der Waals surface area contributed by atoms with Crippen LogP contribution in [0, 0.1) is 0 Å². The molecule has 0 saturated heterocycles. The summed E-state index contributed by atoms with van der Waals surface area (Å²) in [6.45, 7) is 1.87. The van der Waals surface area contributed by atoms with E-state index in [0.717, 1.165) is 19.3 Å². The zero-order valence-corrected chi connectivity index (χ0v) is 30.9. The van der Waals surface area contributed by atoms with Gasteiger partial charge in [0, 0.05) is 25.9 Å². The van der Waals surface area contributed by atoms with Gasteiger partial charge in [0.05, 0.1) is 40.7 Å². The number of carboxylic acid groups (broad SMARTS) is 1. The number of hydrogen-bond acceptors (Lipinski definition) is 10. The van der Waals surface area contributed by atoms with Gasteiger partial charge in [-0.15, -0.1) is 0 Å². The number of nitrogens with zero attached hydrogens (tertiary/aromatic N) is 1. The van der Waals surface area contributed by atoms with Crippen LogP contribution in [0.25, 0.3) is 0 Å². The van der Waals surface area contributed by atoms with Crippen molar-refractivity contribution in [3.8, 4) is 0 Å². The summed E-state index contributed by atoms with van der Waals surface area (Å²) in [5.41, 5.74) is 0. The molecule has 48 heavy (non-hydrogen) atoms. The number of carboxylic acids is 1. The average Bonchev–Trinajstić information content (AvgIpc) is 3.00. The van der Waals surface area contributed by atoms with Crippen molar-refractivity contribution in [2.24, 2.45) is 0 Å². The van der Waals surface area contributed by atoms with Gasteiger partial charge in [-0.3, -0.25) is 28.2 Å². The Kier molecular flexibility index (Phi) is 27.5. The summed E-state index contributed by atoms with van der Waals surface area (Å²) in [6, 6.07) is 0. The number of carbonyl (C=O) groups is 4. The molecule has 0 heterocycles. The number of amides is 1. The van der Waals surface area contributed by atoms with E-state index in [2.05, 4.69) is 17.6 Å². The molecule has 15 heteroatoms. The molecule has 0 aliphatic carbocycles. The lowest BCUT2D eigenvalue weighted by Gasteiger charge is -2.24. The van der Waals surface area contributed by atoms with Crippen LogP contribution in [0.15, 0.2) is 0 Å². The number of carbonyl (C=O) groups excluding carboxylic acids is 3. The number of phosphoric acid groups is 1. The highest BCUT2D eigenvalue weighted by Gasteiger charge is 2.27. The number of nitrogens with one attached hydrogen (secondary N) is 2. The second-order valence-corrected chi connectivity index (χ2v) is 14.6. The predicted octanol–water partition coefficient (Wildman–Crippen LogP) is 4.72. The summed E-state index contributed by atoms with van der Waals surface area (Å²) in [5.74, 6) is -2.69. The van der Waals surface area contributed by atoms with E-state index < -0.39 is 44.3 Å². The van der Waals surface area contributed by atoms with Crippen LogP contribution in [0.1, 0.15) is 116 Å². The van der Waals surface area contributed by atoms with Gasteiger partial charge in [-0.2, -0.15) is 0 Å². The van der Waals surface area contributed by atoms with E-state index >= 15 is 0 Å². The maximum absolute atomic E-state index is 12.4. The number of likely N-dealkylation sites (N-methyl/N-ethyl adjacent to an activating group) is 1. The molecule has 0 radical (unpaired) electrons. The maximum Gasteiger partial charge on any atom is 0.472 e. The van der Waals surface area contributed by atoms with Crippen molar-refractivity contribution < 1.29 is 56.7 Å². The highest BCUT2D eigenvalue weighted by molar-refractivity contribution is 7.47. The normalized spacial score (nSPS) is 13.4. The van der Waals surface area contributed by atoms with E-state index in [0.29, 0.717) is 17.4 Å². The van der Waals surface area contributed by atoms with Gasteiger partial charge in [-0.25, -0.2) is 4.57 Å². The van der Waals surface area contributed by atoms with Gasteiger partial charge in [0.15, 0.2) is 6.10 Å². The fraction of sp³-hybridized carbons (Fsp3) is 0.879. The molecule has 0 aromatic rings. The smallest absolute Gasteiger partial charge is 0.472 e. The van der Waals surface area contributed by atoms with Crippen molar-refractivity contribution >= 4 is 31.6 Å². The average molecular weight is 711 g/mol. The first-order valence-electron chi connectivity index (χ1n) is 17.7. The van der Waals surface area contributed by atoms with E-state index in [4.69, 9.17) is 23.6 Å². The molecule has 1 amide bonds. The fourth-order valence-electron chi connectivity index (χ4n) is 4.50. The quantitative estimate of drug-likeness (QED) is 0.0318. The minimum Gasteiger partial charge on any atom is -0.481 e. The Hall–Kier alpha value is -2.09. The largest absolute Gasteiger partial charge is 0.481 e. The van der Waals surface area contributed by atoms with Gasteiger partial charge in [-0.1, -0.05) is 90.4 Å². The van der Waals surface area contributed by atoms with Crippen LogP contribution in [0.2, 0.25) is 0 Å². The third kappa shape index (κ3) is 32.5. The Morgan fingerprint density at radius 1 is 0.729 bits per heavy atom. The van der Waals surface area contributed by atoms with E-state index in [1.165, 1.54) is 64.2 Å². The van der Waals surface area contributed by atoms with Gasteiger partial charge in [-0.05, 0) is 6.42 Å². The van der Waals surface area contributed by atoms with Crippen LogP contribution in [-0.4, -0.2) is 112 Å². The summed E-state index contributed by atoms with van der Waals surface area (Å²) in [7, 11) is 1.24. The van der Waals surface area contributed by atoms with Gasteiger partial charge in [0.2, 0.25) is 5.91 Å². The number of unbranched alkanes of at least 4 members (excludes halogenated alkanes) is 13. The monoisotopic (exact) mass is 710 g/mol. The van der Waals surface area contributed by atoms with Gasteiger partial charge >= 0.3 is 25.7 Å². The summed E-state index contributed by atoms with van der Waals surface area (Å²) in [6.07, 6.45) is 15.5. The Morgan fingerprint density at radius 2 is 1.29 bits per heavy atom. The molecule has 0 saturated carbocycles. The summed E-state index contributed by atoms with van der Waals surface area (Å²) < 4.78 is 33.5. The molecule has 0 fully saturated rings. The van der Waals surface area contributed by atoms with Gasteiger partial charge < -0.3 is 34.6 Å². The van der Waals surface area contributed by atoms with Crippen molar-refractivity contribution in [2.75, 3.05) is 67.1 Å². The van der Waals surface area contributed by atoms with Crippen molar-refractivity contribution in [1.82, 2.24) is 10.6 Å². The number of hydrogen-bond donors (Lipinski definition) is 4. The zero-order chi connectivity index (χ0) is 36.1. The predicted molar refractivity (Wildman–Crippen MR) is 183 cm³/mol. The van der Waals surface area contributed by atoms with Crippen LogP contribution in [0.4, 0.5) is 0 Å². The maximum atomic E-state index is 12.4. The molecule has 282 valence electrons. The molecule has 0 rings (SSSR count). The molecule has 0 aromatic carbocycles. The lowest BCUT2D eigenvalue weighted by molar-refractivity contribution is -0.870. The minimum absolute atomic E-state index is 0.0350. The minimum atomic E-state index is -4.45. The van der Waals surface area contributed by atoms with E-state index in [-0.39, 0.29) is 52.1 Å². The highest BCUT2D eigenvalue weighted by Crippen LogP contribution is 2.43. The SMILES string of the molecule is CCCCCCCCCCCCCCCCC(=O)OC[C@H](COP(=O)(O)OCC[N+](C)(C)C)OC(=O)CNCCNC(=O)CCC(=O)O. The summed E-state index contributed by atoms with van der Waals surface area (Å²) >= 11 is 0. The van der Waals surface area contributed by atoms with E-state index in [1.54, 1.807) is 0 Å². The lowest BCUT2D eigenvalue weighted by atomic mass is 10.0. The number of quaternary nitrogens is 1. The van der Waals surface area contributed by atoms with Crippen LogP contribution >= 0.6 is 7.82 Å². The highest BCUT2D eigenvalue weighted by atomic mass is 31.2. The number of ether oxygens (including phenoxy) is 2. The third-order valence-electron chi connectivity index (χ3n) is 7.36. The van der Waals surface area contributed by atoms with Gasteiger partial charge in [0.1, 0.15) is 19.8 Å². The zero-order valence-electron chi connectivity index (χ0n) is 30.0. The first kappa shape index (κ1) is 45.9. The van der Waals surface area contributed by atoms with Crippen LogP contribution < -0.4 is 10.6 Å². The lowest BCUT2D eigenvalue weighted by Crippen LogP contribution is -2.37. The van der Waals surface area contributed by atoms with Crippen LogP contribution in [0.3, 0.4) is 0 Å². The van der Waals surface area contributed by atoms with Crippen molar-refractivity contribution in [3.63, 3.8) is 0 Å². The third-order valence-corrected chi connectivity index (χ3v) is 8.35. The topological polar surface area (TPSA) is 187 Å². The molecule has 4 N–H and O–H groups in total. The van der Waals surface area contributed by atoms with E-state index in [1.807, 2.05) is 21.1 Å². The van der Waals surface area contributed by atoms with Gasteiger partial charge in [0.25, 0.3) is 0 Å². The molecular weight excluding hydrogens is 645 g/mol. The Labute approximate surface area is 288 Å². The first-order valence-corrected chi connectivity index (χ1v) is 19.2. The van der Waals surface area contributed by atoms with Crippen molar-refractivity contribution in [3.05, 3.63) is 0 Å². The molecular formula is C33H65N3O11P+. The van der Waals surface area contributed by atoms with Crippen molar-refractivity contribution in [2.45, 2.75) is 122 Å². The Morgan fingerprint density at radius 3 is 1.83 bits per heavy atom. The second-order valence-electron chi connectivity index (χ2n) is 13.2. The van der Waals surface area contributed by atoms with Crippen molar-refractivity contribution in [1.29, 1.82) is 0 Å². The number of aliphatic carboxylic acids is 1.